The highest BCUT2D eigenvalue weighted by molar-refractivity contribution is 6.08. The second-order valence-corrected chi connectivity index (χ2v) is 7.70. The average Bonchev–Trinajstić information content (AvgIpc) is 3.20. The maximum absolute atomic E-state index is 12.4. The first-order valence-electron chi connectivity index (χ1n) is 10.5. The molecule has 0 radical (unpaired) electrons. The molecule has 0 aliphatic heterocycles. The SMILES string of the molecule is CC[C@H](C)c1ccccc1NC(=O)COC(=O)Cc1coc2ccc3ccccc3c12. The van der Waals surface area contributed by atoms with E-state index in [1.807, 2.05) is 60.7 Å². The summed E-state index contributed by atoms with van der Waals surface area (Å²) in [6, 6.07) is 19.5. The van der Waals surface area contributed by atoms with Crippen LogP contribution in [0.5, 0.6) is 0 Å². The number of furan rings is 1. The van der Waals surface area contributed by atoms with Crippen LogP contribution in [0.2, 0.25) is 0 Å². The molecule has 1 heterocycles. The van der Waals surface area contributed by atoms with Crippen LogP contribution in [0.15, 0.2) is 71.3 Å². The maximum Gasteiger partial charge on any atom is 0.310 e. The second-order valence-electron chi connectivity index (χ2n) is 7.70. The van der Waals surface area contributed by atoms with E-state index in [0.717, 1.165) is 45.0 Å². The molecule has 4 rings (SSSR count). The number of rotatable bonds is 7. The molecular formula is C26H25NO4. The highest BCUT2D eigenvalue weighted by Crippen LogP contribution is 2.30. The zero-order valence-electron chi connectivity index (χ0n) is 17.7. The molecule has 1 N–H and O–H groups in total. The summed E-state index contributed by atoms with van der Waals surface area (Å²) in [5, 5.41) is 5.86. The molecule has 0 saturated heterocycles. The summed E-state index contributed by atoms with van der Waals surface area (Å²) in [7, 11) is 0. The van der Waals surface area contributed by atoms with Gasteiger partial charge in [0.05, 0.1) is 12.7 Å². The molecule has 0 aliphatic rings. The van der Waals surface area contributed by atoms with Crippen LogP contribution >= 0.6 is 0 Å². The number of hydrogen-bond acceptors (Lipinski definition) is 4. The zero-order valence-corrected chi connectivity index (χ0v) is 17.7. The Balaban J connectivity index is 1.41. The first-order valence-corrected chi connectivity index (χ1v) is 10.5. The standard InChI is InChI=1S/C26H25NO4/c1-3-17(2)20-9-6-7-11-22(20)27-24(28)16-31-25(29)14-19-15-30-23-13-12-18-8-4-5-10-21(18)26(19)23/h4-13,15,17H,3,14,16H2,1-2H3,(H,27,28)/t17-/m0/s1. The molecule has 0 saturated carbocycles. The van der Waals surface area contributed by atoms with Gasteiger partial charge < -0.3 is 14.5 Å². The molecule has 0 spiro atoms. The van der Waals surface area contributed by atoms with Crippen LogP contribution in [0.4, 0.5) is 5.69 Å². The molecule has 158 valence electrons. The van der Waals surface area contributed by atoms with Crippen LogP contribution in [0.3, 0.4) is 0 Å². The second kappa shape index (κ2) is 9.04. The number of ether oxygens (including phenoxy) is 1. The first kappa shape index (κ1) is 20.7. The third-order valence-corrected chi connectivity index (χ3v) is 5.62. The summed E-state index contributed by atoms with van der Waals surface area (Å²) in [5.41, 5.74) is 3.30. The Morgan fingerprint density at radius 1 is 1.03 bits per heavy atom. The van der Waals surface area contributed by atoms with E-state index in [-0.39, 0.29) is 18.9 Å². The van der Waals surface area contributed by atoms with Crippen LogP contribution in [0, 0.1) is 0 Å². The van der Waals surface area contributed by atoms with Crippen molar-refractivity contribution in [2.24, 2.45) is 0 Å². The van der Waals surface area contributed by atoms with Gasteiger partial charge in [0.15, 0.2) is 6.61 Å². The number of nitrogens with one attached hydrogen (secondary N) is 1. The minimum absolute atomic E-state index is 0.0394. The Morgan fingerprint density at radius 3 is 2.65 bits per heavy atom. The van der Waals surface area contributed by atoms with Gasteiger partial charge >= 0.3 is 5.97 Å². The third kappa shape index (κ3) is 4.45. The molecule has 0 unspecified atom stereocenters. The van der Waals surface area contributed by atoms with Gasteiger partial charge in [0.1, 0.15) is 5.58 Å². The molecule has 1 aromatic heterocycles. The summed E-state index contributed by atoms with van der Waals surface area (Å²) < 4.78 is 10.9. The van der Waals surface area contributed by atoms with E-state index in [9.17, 15) is 9.59 Å². The highest BCUT2D eigenvalue weighted by atomic mass is 16.5. The number of esters is 1. The number of carbonyl (C=O) groups is 2. The Kier molecular flexibility index (Phi) is 6.03. The van der Waals surface area contributed by atoms with Gasteiger partial charge in [-0.15, -0.1) is 0 Å². The quantitative estimate of drug-likeness (QED) is 0.386. The van der Waals surface area contributed by atoms with E-state index < -0.39 is 5.97 Å². The molecule has 0 aliphatic carbocycles. The normalized spacial score (nSPS) is 12.1. The van der Waals surface area contributed by atoms with Gasteiger partial charge in [0.25, 0.3) is 5.91 Å². The van der Waals surface area contributed by atoms with Crippen molar-refractivity contribution < 1.29 is 18.7 Å². The van der Waals surface area contributed by atoms with Crippen molar-refractivity contribution in [1.29, 1.82) is 0 Å². The summed E-state index contributed by atoms with van der Waals surface area (Å²) in [5.74, 6) is -0.504. The van der Waals surface area contributed by atoms with Gasteiger partial charge in [-0.3, -0.25) is 9.59 Å². The van der Waals surface area contributed by atoms with Crippen LogP contribution in [-0.2, 0) is 20.7 Å². The van der Waals surface area contributed by atoms with E-state index in [2.05, 4.69) is 19.2 Å². The fraction of sp³-hybridized carbons (Fsp3) is 0.231. The summed E-state index contributed by atoms with van der Waals surface area (Å²) in [6.45, 7) is 3.89. The lowest BCUT2D eigenvalue weighted by atomic mass is 9.97. The van der Waals surface area contributed by atoms with Crippen molar-refractivity contribution in [3.8, 4) is 0 Å². The van der Waals surface area contributed by atoms with Crippen molar-refractivity contribution in [3.63, 3.8) is 0 Å². The first-order chi connectivity index (χ1) is 15.1. The lowest BCUT2D eigenvalue weighted by molar-refractivity contribution is -0.146. The van der Waals surface area contributed by atoms with Gasteiger partial charge in [0.2, 0.25) is 0 Å². The lowest BCUT2D eigenvalue weighted by Gasteiger charge is -2.15. The van der Waals surface area contributed by atoms with E-state index in [1.54, 1.807) is 6.26 Å². The minimum atomic E-state index is -0.471. The molecule has 0 bridgehead atoms. The zero-order chi connectivity index (χ0) is 21.8. The largest absolute Gasteiger partial charge is 0.464 e. The van der Waals surface area contributed by atoms with Gasteiger partial charge in [0, 0.05) is 16.6 Å². The van der Waals surface area contributed by atoms with E-state index >= 15 is 0 Å². The average molecular weight is 415 g/mol. The molecule has 5 heteroatoms. The fourth-order valence-corrected chi connectivity index (χ4v) is 3.80. The number of para-hydroxylation sites is 1. The molecular weight excluding hydrogens is 390 g/mol. The van der Waals surface area contributed by atoms with Crippen molar-refractivity contribution in [3.05, 3.63) is 78.1 Å². The Labute approximate surface area is 181 Å². The molecule has 5 nitrogen and oxygen atoms in total. The molecule has 1 amide bonds. The minimum Gasteiger partial charge on any atom is -0.464 e. The molecule has 3 aromatic carbocycles. The number of amides is 1. The number of benzene rings is 3. The van der Waals surface area contributed by atoms with E-state index in [4.69, 9.17) is 9.15 Å². The summed E-state index contributed by atoms with van der Waals surface area (Å²) in [6.07, 6.45) is 2.59. The monoisotopic (exact) mass is 415 g/mol. The summed E-state index contributed by atoms with van der Waals surface area (Å²) in [4.78, 5) is 24.8. The number of anilines is 1. The van der Waals surface area contributed by atoms with E-state index in [0.29, 0.717) is 5.92 Å². The highest BCUT2D eigenvalue weighted by Gasteiger charge is 2.16. The van der Waals surface area contributed by atoms with Gasteiger partial charge in [-0.25, -0.2) is 0 Å². The molecule has 0 fully saturated rings. The Bertz CT molecular complexity index is 1240. The number of carbonyl (C=O) groups excluding carboxylic acids is 2. The van der Waals surface area contributed by atoms with Gasteiger partial charge in [-0.1, -0.05) is 62.4 Å². The smallest absolute Gasteiger partial charge is 0.310 e. The number of hydrogen-bond donors (Lipinski definition) is 1. The van der Waals surface area contributed by atoms with Crippen LogP contribution in [-0.4, -0.2) is 18.5 Å². The topological polar surface area (TPSA) is 68.5 Å². The molecule has 1 atom stereocenters. The van der Waals surface area contributed by atoms with Crippen molar-refractivity contribution >= 4 is 39.3 Å². The van der Waals surface area contributed by atoms with E-state index in [1.165, 1.54) is 0 Å². The Morgan fingerprint density at radius 2 is 1.81 bits per heavy atom. The van der Waals surface area contributed by atoms with Crippen LogP contribution in [0.25, 0.3) is 21.7 Å². The fourth-order valence-electron chi connectivity index (χ4n) is 3.80. The summed E-state index contributed by atoms with van der Waals surface area (Å²) >= 11 is 0. The predicted molar refractivity (Wildman–Crippen MR) is 122 cm³/mol. The lowest BCUT2D eigenvalue weighted by Crippen LogP contribution is -2.22. The third-order valence-electron chi connectivity index (χ3n) is 5.62. The van der Waals surface area contributed by atoms with Crippen LogP contribution < -0.4 is 5.32 Å². The Hall–Kier alpha value is -3.60. The van der Waals surface area contributed by atoms with Crippen LogP contribution in [0.1, 0.15) is 37.3 Å². The predicted octanol–water partition coefficient (Wildman–Crippen LogP) is 5.82. The number of fused-ring (bicyclic) bond motifs is 3. The van der Waals surface area contributed by atoms with Crippen molar-refractivity contribution in [2.75, 3.05) is 11.9 Å². The molecule has 4 aromatic rings. The van der Waals surface area contributed by atoms with Crippen molar-refractivity contribution in [2.45, 2.75) is 32.6 Å². The van der Waals surface area contributed by atoms with Gasteiger partial charge in [-0.2, -0.15) is 0 Å². The molecule has 31 heavy (non-hydrogen) atoms. The van der Waals surface area contributed by atoms with Crippen molar-refractivity contribution in [1.82, 2.24) is 0 Å². The van der Waals surface area contributed by atoms with Gasteiger partial charge in [-0.05, 0) is 40.8 Å². The maximum atomic E-state index is 12.4.